The molecular weight excluding hydrogens is 914 g/mol. The summed E-state index contributed by atoms with van der Waals surface area (Å²) in [6, 6.07) is 44.8. The van der Waals surface area contributed by atoms with Crippen molar-refractivity contribution in [3.05, 3.63) is 158 Å². The second kappa shape index (κ2) is 20.0. The van der Waals surface area contributed by atoms with Crippen molar-refractivity contribution in [2.24, 2.45) is 0 Å². The maximum absolute atomic E-state index is 10.7. The Bertz CT molecular complexity index is 1720. The molecule has 6 aromatic rings. The second-order valence-electron chi connectivity index (χ2n) is 10.7. The first-order valence-corrected chi connectivity index (χ1v) is 21.2. The Morgan fingerprint density at radius 1 is 0.411 bits per heavy atom. The minimum atomic E-state index is -10.7. The summed E-state index contributed by atoms with van der Waals surface area (Å²) >= 11 is 0. The van der Waals surface area contributed by atoms with E-state index in [1.54, 1.807) is 31.9 Å². The van der Waals surface area contributed by atoms with Crippen LogP contribution in [0.25, 0.3) is 22.8 Å². The zero-order chi connectivity index (χ0) is 41.2. The Labute approximate surface area is 328 Å². The van der Waals surface area contributed by atoms with Crippen molar-refractivity contribution in [2.45, 2.75) is 0 Å². The van der Waals surface area contributed by atoms with Gasteiger partial charge in [0.15, 0.2) is 0 Å². The number of pyridine rings is 4. The number of methoxy groups -OCH3 is 1. The van der Waals surface area contributed by atoms with Crippen LogP contribution in [0.3, 0.4) is 0 Å². The zero-order valence-corrected chi connectivity index (χ0v) is 33.4. The minimum Gasteiger partial charge on any atom is -0.255 e. The zero-order valence-electron chi connectivity index (χ0n) is 28.9. The quantitative estimate of drug-likeness (QED) is 0.0906. The van der Waals surface area contributed by atoms with Crippen LogP contribution in [0.15, 0.2) is 158 Å². The molecule has 0 saturated carbocycles. The van der Waals surface area contributed by atoms with E-state index < -0.39 is 23.5 Å². The predicted molar refractivity (Wildman–Crippen MR) is 199 cm³/mol. The van der Waals surface area contributed by atoms with E-state index >= 15 is 0 Å². The molecule has 0 saturated heterocycles. The summed E-state index contributed by atoms with van der Waals surface area (Å²) < 4.78 is 124. The van der Waals surface area contributed by atoms with Gasteiger partial charge in [-0.05, 0) is 72.8 Å². The van der Waals surface area contributed by atoms with Gasteiger partial charge in [0.05, 0.1) is 54.1 Å². The Hall–Kier alpha value is -3.93. The second-order valence-corrected chi connectivity index (χ2v) is 17.2. The largest absolute Gasteiger partial charge is 2.00 e. The van der Waals surface area contributed by atoms with E-state index in [4.69, 9.17) is 4.74 Å². The standard InChI is InChI=1S/C15H17OP.2C10H8N2.2F6P.Ru/c1-16-12-13-17(14-8-4-2-5-9-14)15-10-6-3-7-11-15;2*1-3-7-11-9(5-1)10-6-2-4-8-12-10;2*1-7(2,3,4,5)6;/h2-11H,12-13H2,1H3;2*1-8H;;;/q;;;2*-1;+2/p+1. The molecule has 0 aliphatic rings. The van der Waals surface area contributed by atoms with Crippen LogP contribution in [0.4, 0.5) is 50.4 Å². The van der Waals surface area contributed by atoms with Crippen LogP contribution in [-0.4, -0.2) is 39.8 Å². The van der Waals surface area contributed by atoms with Gasteiger partial charge >= 0.3 is 85.5 Å². The van der Waals surface area contributed by atoms with Crippen molar-refractivity contribution in [1.82, 2.24) is 19.9 Å². The fourth-order valence-corrected chi connectivity index (χ4v) is 6.50. The van der Waals surface area contributed by atoms with E-state index in [2.05, 4.69) is 80.6 Å². The molecule has 4 aromatic heterocycles. The molecule has 2 aromatic carbocycles. The van der Waals surface area contributed by atoms with Gasteiger partial charge in [0, 0.05) is 31.9 Å². The molecule has 4 heterocycles. The van der Waals surface area contributed by atoms with Crippen LogP contribution in [0.1, 0.15) is 0 Å². The predicted octanol–water partition coefficient (Wildman–Crippen LogP) is 13.5. The van der Waals surface area contributed by atoms with Gasteiger partial charge in [-0.15, -0.1) is 0 Å². The van der Waals surface area contributed by atoms with E-state index in [1.807, 2.05) is 72.8 Å². The minimum absolute atomic E-state index is 0. The average molecular weight is 949 g/mol. The number of aromatic nitrogens is 4. The van der Waals surface area contributed by atoms with Crippen LogP contribution >= 0.6 is 23.5 Å². The van der Waals surface area contributed by atoms with E-state index in [0.717, 1.165) is 35.5 Å². The third-order valence-corrected chi connectivity index (χ3v) is 8.75. The summed E-state index contributed by atoms with van der Waals surface area (Å²) in [6.45, 7) is 0.831. The first kappa shape index (κ1) is 50.1. The molecule has 6 rings (SSSR count). The van der Waals surface area contributed by atoms with Gasteiger partial charge in [0.1, 0.15) is 0 Å². The summed E-state index contributed by atoms with van der Waals surface area (Å²) in [7, 11) is -20.2. The van der Waals surface area contributed by atoms with E-state index in [-0.39, 0.29) is 19.5 Å². The van der Waals surface area contributed by atoms with Crippen molar-refractivity contribution < 1.29 is 74.6 Å². The van der Waals surface area contributed by atoms with E-state index in [0.29, 0.717) is 0 Å². The molecule has 0 unspecified atom stereocenters. The molecule has 0 radical (unpaired) electrons. The molecule has 0 amide bonds. The van der Waals surface area contributed by atoms with E-state index in [1.165, 1.54) is 10.6 Å². The Morgan fingerprint density at radius 2 is 0.643 bits per heavy atom. The van der Waals surface area contributed by atoms with Crippen molar-refractivity contribution in [3.63, 3.8) is 0 Å². The molecule has 56 heavy (non-hydrogen) atoms. The van der Waals surface area contributed by atoms with Gasteiger partial charge in [-0.3, -0.25) is 19.9 Å². The summed E-state index contributed by atoms with van der Waals surface area (Å²) in [5.74, 6) is 0. The van der Waals surface area contributed by atoms with Crippen LogP contribution < -0.4 is 10.6 Å². The van der Waals surface area contributed by atoms with Crippen LogP contribution in [0.5, 0.6) is 0 Å². The number of nitrogens with zero attached hydrogens (tertiary/aromatic N) is 4. The number of hydrogen-bond donors (Lipinski definition) is 0. The van der Waals surface area contributed by atoms with Gasteiger partial charge in [-0.25, -0.2) is 0 Å². The SMILES string of the molecule is COCC[PH+](c1ccccc1)c1ccccc1.F[P-](F)(F)(F)(F)F.F[P-](F)(F)(F)(F)F.[Ru+2].c1ccc(-c2ccccn2)nc1.c1ccc(-c2ccccn2)nc1. The van der Waals surface area contributed by atoms with E-state index in [9.17, 15) is 50.4 Å². The number of benzene rings is 2. The van der Waals surface area contributed by atoms with Gasteiger partial charge in [0.2, 0.25) is 0 Å². The monoisotopic (exact) mass is 949 g/mol. The molecule has 0 aliphatic carbocycles. The number of halogens is 12. The van der Waals surface area contributed by atoms with Crippen molar-refractivity contribution >= 4 is 34.1 Å². The molecule has 0 aliphatic heterocycles. The van der Waals surface area contributed by atoms with Gasteiger partial charge in [-0.1, -0.05) is 60.7 Å². The molecule has 0 bridgehead atoms. The molecule has 0 N–H and O–H groups in total. The Balaban J connectivity index is 0.000000363. The molecule has 21 heteroatoms. The summed E-state index contributed by atoms with van der Waals surface area (Å²) in [5, 5.41) is 2.92. The maximum Gasteiger partial charge on any atom is 2.00 e. The van der Waals surface area contributed by atoms with Crippen molar-refractivity contribution in [2.75, 3.05) is 19.9 Å². The first-order chi connectivity index (χ1) is 25.2. The third-order valence-electron chi connectivity index (χ3n) is 5.99. The average Bonchev–Trinajstić information content (AvgIpc) is 3.12. The van der Waals surface area contributed by atoms with Crippen LogP contribution in [-0.2, 0) is 24.2 Å². The fraction of sp³-hybridized carbons (Fsp3) is 0.0857. The number of rotatable bonds is 7. The first-order valence-electron chi connectivity index (χ1n) is 15.5. The molecule has 0 atom stereocenters. The molecule has 0 spiro atoms. The summed E-state index contributed by atoms with van der Waals surface area (Å²) in [4.78, 5) is 16.7. The summed E-state index contributed by atoms with van der Waals surface area (Å²) in [6.07, 6.45) is 8.19. The van der Waals surface area contributed by atoms with Crippen molar-refractivity contribution in [3.8, 4) is 22.8 Å². The smallest absolute Gasteiger partial charge is 0.255 e. The molecule has 0 fully saturated rings. The summed E-state index contributed by atoms with van der Waals surface area (Å²) in [5.41, 5.74) is 3.66. The molecule has 5 nitrogen and oxygen atoms in total. The Morgan fingerprint density at radius 3 is 0.839 bits per heavy atom. The Kier molecular flexibility index (Phi) is 17.9. The van der Waals surface area contributed by atoms with Crippen LogP contribution in [0.2, 0.25) is 0 Å². The fourth-order valence-electron chi connectivity index (χ4n) is 4.00. The molecule has 306 valence electrons. The van der Waals surface area contributed by atoms with Gasteiger partial charge in [-0.2, -0.15) is 0 Å². The molecular formula is C35H34F12N4OP3Ru+. The number of hydrogen-bond acceptors (Lipinski definition) is 5. The topological polar surface area (TPSA) is 60.8 Å². The van der Waals surface area contributed by atoms with Gasteiger partial charge in [0.25, 0.3) is 0 Å². The number of ether oxygens (including phenoxy) is 1. The van der Waals surface area contributed by atoms with Crippen molar-refractivity contribution in [1.29, 1.82) is 0 Å². The van der Waals surface area contributed by atoms with Gasteiger partial charge < -0.3 is 4.74 Å². The normalized spacial score (nSPS) is 13.2. The maximum atomic E-state index is 9.87. The third kappa shape index (κ3) is 29.4. The van der Waals surface area contributed by atoms with Crippen LogP contribution in [0, 0.1) is 0 Å².